The molecule has 40 heavy (non-hydrogen) atoms. The third-order valence-electron chi connectivity index (χ3n) is 10.0. The number of imide groups is 1. The predicted molar refractivity (Wildman–Crippen MR) is 153 cm³/mol. The van der Waals surface area contributed by atoms with E-state index in [1.54, 1.807) is 4.90 Å². The summed E-state index contributed by atoms with van der Waals surface area (Å²) in [6, 6.07) is 9.16. The Morgan fingerprint density at radius 1 is 1.02 bits per heavy atom. The number of carbonyl (C=O) groups excluding carboxylic acids is 3. The quantitative estimate of drug-likeness (QED) is 0.470. The number of rotatable bonds is 6. The van der Waals surface area contributed by atoms with Crippen molar-refractivity contribution in [3.63, 3.8) is 0 Å². The Kier molecular flexibility index (Phi) is 5.89. The van der Waals surface area contributed by atoms with Crippen LogP contribution < -0.4 is 10.2 Å². The second kappa shape index (κ2) is 9.26. The van der Waals surface area contributed by atoms with E-state index in [2.05, 4.69) is 47.1 Å². The molecule has 8 heteroatoms. The molecule has 1 N–H and O–H groups in total. The van der Waals surface area contributed by atoms with Crippen LogP contribution in [-0.2, 0) is 21.5 Å². The molecule has 4 heterocycles. The molecule has 1 aliphatic carbocycles. The summed E-state index contributed by atoms with van der Waals surface area (Å²) in [5.74, 6) is -0.863. The fourth-order valence-corrected chi connectivity index (χ4v) is 7.33. The molecule has 1 atom stereocenters. The van der Waals surface area contributed by atoms with Crippen molar-refractivity contribution in [1.29, 1.82) is 0 Å². The fraction of sp³-hybridized carbons (Fsp3) is 0.500. The standard InChI is InChI=1S/C32H37N5O3/c1-31(11-4-12-31)20-35-15-13-32(2,14-16-35)36-19-21(18-33-36)17-22-7-8-25-28-23(22)5-3-6-24(28)30(40)37(25)26-9-10-27(38)34-29(26)39/h3,5-8,18-19,26H,4,9-17,20H2,1-2H3,(H,34,38,39). The maximum atomic E-state index is 13.5. The average molecular weight is 540 g/mol. The first-order valence-corrected chi connectivity index (χ1v) is 14.7. The van der Waals surface area contributed by atoms with E-state index >= 15 is 0 Å². The number of amides is 3. The number of hydrogen-bond donors (Lipinski definition) is 1. The summed E-state index contributed by atoms with van der Waals surface area (Å²) in [6.45, 7) is 8.23. The van der Waals surface area contributed by atoms with E-state index < -0.39 is 11.9 Å². The Bertz CT molecular complexity index is 1530. The minimum absolute atomic E-state index is 0.0200. The molecule has 1 saturated carbocycles. The number of anilines is 1. The van der Waals surface area contributed by atoms with Gasteiger partial charge in [-0.05, 0) is 73.1 Å². The number of carbonyl (C=O) groups is 3. The second-order valence-electron chi connectivity index (χ2n) is 13.0. The first-order valence-electron chi connectivity index (χ1n) is 14.7. The van der Waals surface area contributed by atoms with Gasteiger partial charge in [-0.25, -0.2) is 0 Å². The second-order valence-corrected chi connectivity index (χ2v) is 13.0. The van der Waals surface area contributed by atoms with E-state index in [1.807, 2.05) is 24.4 Å². The molecular weight excluding hydrogens is 502 g/mol. The van der Waals surface area contributed by atoms with E-state index in [4.69, 9.17) is 5.10 Å². The van der Waals surface area contributed by atoms with Gasteiger partial charge in [0, 0.05) is 49.6 Å². The number of likely N-dealkylation sites (tertiary alicyclic amines) is 1. The molecule has 208 valence electrons. The number of nitrogens with zero attached hydrogens (tertiary/aromatic N) is 4. The molecule has 3 amide bonds. The number of aromatic nitrogens is 2. The third kappa shape index (κ3) is 4.15. The molecule has 0 spiro atoms. The molecule has 0 radical (unpaired) electrons. The van der Waals surface area contributed by atoms with E-state index in [0.29, 0.717) is 23.8 Å². The van der Waals surface area contributed by atoms with Crippen LogP contribution in [0, 0.1) is 5.41 Å². The van der Waals surface area contributed by atoms with Crippen molar-refractivity contribution >= 4 is 34.2 Å². The van der Waals surface area contributed by atoms with E-state index in [9.17, 15) is 14.4 Å². The maximum absolute atomic E-state index is 13.5. The van der Waals surface area contributed by atoms with E-state index in [0.717, 1.165) is 53.5 Å². The SMILES string of the molecule is CC1(CN2CCC(C)(n3cc(Cc4ccc5c6c(cccc46)C(=O)N5C4CCC(=O)NC4=O)cn3)CC2)CCC1. The van der Waals surface area contributed by atoms with Crippen molar-refractivity contribution in [1.82, 2.24) is 20.0 Å². The zero-order valence-electron chi connectivity index (χ0n) is 23.4. The van der Waals surface area contributed by atoms with Gasteiger partial charge in [-0.3, -0.25) is 29.3 Å². The topological polar surface area (TPSA) is 87.5 Å². The van der Waals surface area contributed by atoms with Crippen molar-refractivity contribution < 1.29 is 14.4 Å². The highest BCUT2D eigenvalue weighted by Gasteiger charge is 2.41. The molecule has 2 saturated heterocycles. The van der Waals surface area contributed by atoms with Gasteiger partial charge in [0.25, 0.3) is 5.91 Å². The molecule has 3 aromatic rings. The summed E-state index contributed by atoms with van der Waals surface area (Å²) in [7, 11) is 0. The van der Waals surface area contributed by atoms with Gasteiger partial charge in [0.15, 0.2) is 0 Å². The Labute approximate surface area is 234 Å². The van der Waals surface area contributed by atoms with Gasteiger partial charge in [0.05, 0.1) is 17.4 Å². The molecule has 1 unspecified atom stereocenters. The van der Waals surface area contributed by atoms with Crippen LogP contribution >= 0.6 is 0 Å². The molecule has 1 aromatic heterocycles. The first kappa shape index (κ1) is 25.4. The van der Waals surface area contributed by atoms with Gasteiger partial charge < -0.3 is 4.90 Å². The Morgan fingerprint density at radius 2 is 1.82 bits per heavy atom. The largest absolute Gasteiger partial charge is 0.303 e. The highest BCUT2D eigenvalue weighted by Crippen LogP contribution is 2.43. The zero-order chi connectivity index (χ0) is 27.6. The van der Waals surface area contributed by atoms with Crippen LogP contribution in [0.25, 0.3) is 10.8 Å². The van der Waals surface area contributed by atoms with Crippen LogP contribution in [0.15, 0.2) is 42.7 Å². The molecule has 2 aromatic carbocycles. The minimum Gasteiger partial charge on any atom is -0.303 e. The van der Waals surface area contributed by atoms with Crippen molar-refractivity contribution in [3.8, 4) is 0 Å². The van der Waals surface area contributed by atoms with Crippen molar-refractivity contribution in [2.45, 2.75) is 76.8 Å². The Balaban J connectivity index is 1.11. The highest BCUT2D eigenvalue weighted by molar-refractivity contribution is 6.27. The van der Waals surface area contributed by atoms with Gasteiger partial charge in [-0.2, -0.15) is 5.10 Å². The monoisotopic (exact) mass is 539 g/mol. The van der Waals surface area contributed by atoms with Crippen LogP contribution in [0.3, 0.4) is 0 Å². The van der Waals surface area contributed by atoms with Gasteiger partial charge in [0.1, 0.15) is 6.04 Å². The van der Waals surface area contributed by atoms with Crippen molar-refractivity contribution in [3.05, 3.63) is 59.4 Å². The lowest BCUT2D eigenvalue weighted by Gasteiger charge is -2.46. The minimum atomic E-state index is -0.673. The Morgan fingerprint density at radius 3 is 2.55 bits per heavy atom. The number of piperidine rings is 2. The van der Waals surface area contributed by atoms with Gasteiger partial charge in [-0.1, -0.05) is 31.5 Å². The molecular formula is C32H37N5O3. The normalized spacial score (nSPS) is 23.9. The fourth-order valence-electron chi connectivity index (χ4n) is 7.33. The molecule has 4 aliphatic rings. The summed E-state index contributed by atoms with van der Waals surface area (Å²) >= 11 is 0. The van der Waals surface area contributed by atoms with Gasteiger partial charge in [-0.15, -0.1) is 0 Å². The van der Waals surface area contributed by atoms with Gasteiger partial charge >= 0.3 is 0 Å². The van der Waals surface area contributed by atoms with Crippen molar-refractivity contribution in [2.75, 3.05) is 24.5 Å². The summed E-state index contributed by atoms with van der Waals surface area (Å²) in [4.78, 5) is 42.0. The number of hydrogen-bond acceptors (Lipinski definition) is 5. The molecule has 8 nitrogen and oxygen atoms in total. The predicted octanol–water partition coefficient (Wildman–Crippen LogP) is 4.39. The molecule has 3 aliphatic heterocycles. The summed E-state index contributed by atoms with van der Waals surface area (Å²) in [6.07, 6.45) is 11.8. The smallest absolute Gasteiger partial charge is 0.259 e. The molecule has 3 fully saturated rings. The van der Waals surface area contributed by atoms with Gasteiger partial charge in [0.2, 0.25) is 11.8 Å². The van der Waals surface area contributed by atoms with Crippen LogP contribution in [0.5, 0.6) is 0 Å². The lowest BCUT2D eigenvalue weighted by Crippen LogP contribution is -2.53. The van der Waals surface area contributed by atoms with Crippen LogP contribution in [-0.4, -0.2) is 58.1 Å². The lowest BCUT2D eigenvalue weighted by molar-refractivity contribution is -0.134. The molecule has 0 bridgehead atoms. The van der Waals surface area contributed by atoms with Crippen LogP contribution in [0.4, 0.5) is 5.69 Å². The van der Waals surface area contributed by atoms with E-state index in [-0.39, 0.29) is 23.8 Å². The zero-order valence-corrected chi connectivity index (χ0v) is 23.4. The average Bonchev–Trinajstić information content (AvgIpc) is 3.51. The summed E-state index contributed by atoms with van der Waals surface area (Å²) in [5.41, 5.74) is 4.19. The number of benzene rings is 2. The number of nitrogens with one attached hydrogen (secondary N) is 1. The highest BCUT2D eigenvalue weighted by atomic mass is 16.2. The van der Waals surface area contributed by atoms with E-state index in [1.165, 1.54) is 25.8 Å². The van der Waals surface area contributed by atoms with Crippen LogP contribution in [0.1, 0.15) is 80.3 Å². The Hall–Kier alpha value is -3.52. The maximum Gasteiger partial charge on any atom is 0.259 e. The van der Waals surface area contributed by atoms with Crippen molar-refractivity contribution in [2.24, 2.45) is 5.41 Å². The first-order chi connectivity index (χ1) is 19.2. The summed E-state index contributed by atoms with van der Waals surface area (Å²) in [5, 5.41) is 9.14. The lowest BCUT2D eigenvalue weighted by atomic mass is 9.70. The van der Waals surface area contributed by atoms with Crippen LogP contribution in [0.2, 0.25) is 0 Å². The summed E-state index contributed by atoms with van der Waals surface area (Å²) < 4.78 is 2.18. The molecule has 7 rings (SSSR count). The third-order valence-corrected chi connectivity index (χ3v) is 10.0.